The number of unbranched alkanes of at least 4 members (excludes halogenated alkanes) is 1. The fourth-order valence-electron chi connectivity index (χ4n) is 6.64. The highest BCUT2D eigenvalue weighted by Crippen LogP contribution is 2.35. The molecule has 2 heterocycles. The summed E-state index contributed by atoms with van der Waals surface area (Å²) in [7, 11) is 0. The minimum Gasteiger partial charge on any atom is -0.508 e. The standard InChI is InChI=1S/C35H50N4O4/c1-5-20-37-24-27(4)39(25-26(37)3)34(29-12-10-14-32(40)23-29)28-11-9-13-30(22-28)35(42)38(31-16-18-36-19-17-31)21-8-7-15-33(41)43-6-2/h5,9-14,22-23,26-27,31,34,36,40H,1,6-8,15-21,24-25H2,2-4H3/t26-,27-,34?/m1/s1. The van der Waals surface area contributed by atoms with Crippen molar-refractivity contribution < 1.29 is 19.4 Å². The number of phenols is 1. The van der Waals surface area contributed by atoms with Crippen molar-refractivity contribution in [2.24, 2.45) is 0 Å². The van der Waals surface area contributed by atoms with Crippen molar-refractivity contribution in [2.45, 2.75) is 77.0 Å². The lowest BCUT2D eigenvalue weighted by Crippen LogP contribution is -2.57. The van der Waals surface area contributed by atoms with Crippen LogP contribution in [-0.4, -0.2) is 95.7 Å². The molecule has 0 saturated carbocycles. The van der Waals surface area contributed by atoms with Gasteiger partial charge in [0, 0.05) is 56.3 Å². The van der Waals surface area contributed by atoms with E-state index in [1.807, 2.05) is 42.2 Å². The average Bonchev–Trinajstić information content (AvgIpc) is 3.00. The molecule has 1 amide bonds. The number of amides is 1. The van der Waals surface area contributed by atoms with Crippen LogP contribution in [-0.2, 0) is 9.53 Å². The molecule has 234 valence electrons. The third-order valence-corrected chi connectivity index (χ3v) is 8.84. The molecule has 0 aliphatic carbocycles. The van der Waals surface area contributed by atoms with Crippen LogP contribution in [0.1, 0.15) is 80.4 Å². The number of nitrogens with zero attached hydrogens (tertiary/aromatic N) is 3. The van der Waals surface area contributed by atoms with E-state index in [4.69, 9.17) is 4.74 Å². The third-order valence-electron chi connectivity index (χ3n) is 8.84. The molecule has 4 rings (SSSR count). The summed E-state index contributed by atoms with van der Waals surface area (Å²) in [6.45, 7) is 15.7. The maximum atomic E-state index is 14.2. The van der Waals surface area contributed by atoms with Crippen molar-refractivity contribution in [1.29, 1.82) is 0 Å². The molecule has 0 spiro atoms. The molecule has 43 heavy (non-hydrogen) atoms. The summed E-state index contributed by atoms with van der Waals surface area (Å²) in [6, 6.07) is 16.2. The van der Waals surface area contributed by atoms with Crippen LogP contribution in [0.5, 0.6) is 5.75 Å². The second-order valence-corrected chi connectivity index (χ2v) is 12.0. The van der Waals surface area contributed by atoms with E-state index in [2.05, 4.69) is 53.7 Å². The summed E-state index contributed by atoms with van der Waals surface area (Å²) in [5.74, 6) is 0.0965. The summed E-state index contributed by atoms with van der Waals surface area (Å²) < 4.78 is 5.09. The number of ether oxygens (including phenoxy) is 1. The van der Waals surface area contributed by atoms with Crippen LogP contribution in [0.4, 0.5) is 0 Å². The molecule has 2 aliphatic heterocycles. The molecule has 2 N–H and O–H groups in total. The number of hydrogen-bond acceptors (Lipinski definition) is 7. The van der Waals surface area contributed by atoms with Crippen molar-refractivity contribution >= 4 is 11.9 Å². The number of hydrogen-bond donors (Lipinski definition) is 2. The van der Waals surface area contributed by atoms with Gasteiger partial charge in [-0.05, 0) is 94.9 Å². The lowest BCUT2D eigenvalue weighted by Gasteiger charge is -2.47. The van der Waals surface area contributed by atoms with Gasteiger partial charge in [-0.25, -0.2) is 0 Å². The van der Waals surface area contributed by atoms with Crippen LogP contribution in [0, 0.1) is 0 Å². The SMILES string of the molecule is C=CCN1C[C@@H](C)N(C(c2cccc(O)c2)c2cccc(C(=O)N(CCCCC(=O)OCC)C3CCNCC3)c2)C[C@H]1C. The fraction of sp³-hybridized carbons (Fsp3) is 0.543. The molecule has 2 saturated heterocycles. The smallest absolute Gasteiger partial charge is 0.305 e. The molecule has 2 aromatic rings. The Labute approximate surface area is 257 Å². The summed E-state index contributed by atoms with van der Waals surface area (Å²) >= 11 is 0. The van der Waals surface area contributed by atoms with Crippen molar-refractivity contribution in [1.82, 2.24) is 20.0 Å². The van der Waals surface area contributed by atoms with Crippen LogP contribution in [0.25, 0.3) is 0 Å². The van der Waals surface area contributed by atoms with Gasteiger partial charge in [-0.1, -0.05) is 30.3 Å². The Morgan fingerprint density at radius 3 is 2.49 bits per heavy atom. The third kappa shape index (κ3) is 8.68. The highest BCUT2D eigenvalue weighted by Gasteiger charge is 2.35. The maximum absolute atomic E-state index is 14.2. The van der Waals surface area contributed by atoms with Crippen LogP contribution in [0.2, 0.25) is 0 Å². The molecule has 0 bridgehead atoms. The van der Waals surface area contributed by atoms with E-state index in [9.17, 15) is 14.7 Å². The number of carbonyl (C=O) groups excluding carboxylic acids is 2. The first-order valence-corrected chi connectivity index (χ1v) is 16.0. The number of esters is 1. The number of rotatable bonds is 13. The number of carbonyl (C=O) groups is 2. The number of phenolic OH excluding ortho intramolecular Hbond substituents is 1. The Bertz CT molecular complexity index is 1210. The maximum Gasteiger partial charge on any atom is 0.305 e. The zero-order valence-corrected chi connectivity index (χ0v) is 26.2. The van der Waals surface area contributed by atoms with Gasteiger partial charge in [-0.15, -0.1) is 6.58 Å². The monoisotopic (exact) mass is 590 g/mol. The molecular formula is C35H50N4O4. The first kappa shape index (κ1) is 32.7. The first-order valence-electron chi connectivity index (χ1n) is 16.0. The average molecular weight is 591 g/mol. The second-order valence-electron chi connectivity index (χ2n) is 12.0. The van der Waals surface area contributed by atoms with Crippen LogP contribution < -0.4 is 5.32 Å². The van der Waals surface area contributed by atoms with Gasteiger partial charge in [0.25, 0.3) is 5.91 Å². The fourth-order valence-corrected chi connectivity index (χ4v) is 6.64. The quantitative estimate of drug-likeness (QED) is 0.193. The Balaban J connectivity index is 1.61. The van der Waals surface area contributed by atoms with Gasteiger partial charge in [-0.2, -0.15) is 0 Å². The lowest BCUT2D eigenvalue weighted by atomic mass is 9.92. The number of piperidine rings is 1. The Kier molecular flexibility index (Phi) is 12.2. The van der Waals surface area contributed by atoms with E-state index >= 15 is 0 Å². The number of aromatic hydroxyl groups is 1. The van der Waals surface area contributed by atoms with E-state index in [0.717, 1.165) is 63.1 Å². The van der Waals surface area contributed by atoms with Gasteiger partial charge < -0.3 is 20.1 Å². The number of nitrogens with one attached hydrogen (secondary N) is 1. The number of benzene rings is 2. The topological polar surface area (TPSA) is 85.4 Å². The predicted octanol–water partition coefficient (Wildman–Crippen LogP) is 4.99. The van der Waals surface area contributed by atoms with Crippen LogP contribution in [0.15, 0.2) is 61.2 Å². The highest BCUT2D eigenvalue weighted by atomic mass is 16.5. The van der Waals surface area contributed by atoms with Gasteiger partial charge in [-0.3, -0.25) is 19.4 Å². The lowest BCUT2D eigenvalue weighted by molar-refractivity contribution is -0.143. The van der Waals surface area contributed by atoms with Gasteiger partial charge in [0.15, 0.2) is 0 Å². The molecule has 2 aromatic carbocycles. The van der Waals surface area contributed by atoms with Crippen molar-refractivity contribution in [2.75, 3.05) is 45.9 Å². The van der Waals surface area contributed by atoms with Gasteiger partial charge in [0.1, 0.15) is 5.75 Å². The molecule has 3 atom stereocenters. The minimum atomic E-state index is -0.179. The van der Waals surface area contributed by atoms with E-state index in [0.29, 0.717) is 37.6 Å². The zero-order valence-electron chi connectivity index (χ0n) is 26.2. The summed E-state index contributed by atoms with van der Waals surface area (Å²) in [5, 5.41) is 13.8. The molecule has 2 fully saturated rings. The molecular weight excluding hydrogens is 540 g/mol. The molecule has 1 unspecified atom stereocenters. The van der Waals surface area contributed by atoms with Crippen molar-refractivity contribution in [3.63, 3.8) is 0 Å². The van der Waals surface area contributed by atoms with E-state index < -0.39 is 0 Å². The van der Waals surface area contributed by atoms with E-state index in [1.165, 1.54) is 0 Å². The van der Waals surface area contributed by atoms with Gasteiger partial charge in [0.2, 0.25) is 0 Å². The Hall–Kier alpha value is -3.20. The Morgan fingerprint density at radius 1 is 1.07 bits per heavy atom. The van der Waals surface area contributed by atoms with Crippen molar-refractivity contribution in [3.8, 4) is 5.75 Å². The summed E-state index contributed by atoms with van der Waals surface area (Å²) in [6.07, 6.45) is 5.62. The summed E-state index contributed by atoms with van der Waals surface area (Å²) in [4.78, 5) is 33.1. The first-order chi connectivity index (χ1) is 20.8. The van der Waals surface area contributed by atoms with Crippen LogP contribution >= 0.6 is 0 Å². The highest BCUT2D eigenvalue weighted by molar-refractivity contribution is 5.94. The van der Waals surface area contributed by atoms with E-state index in [-0.39, 0.29) is 35.8 Å². The largest absolute Gasteiger partial charge is 0.508 e. The molecule has 0 radical (unpaired) electrons. The van der Waals surface area contributed by atoms with Gasteiger partial charge >= 0.3 is 5.97 Å². The Morgan fingerprint density at radius 2 is 1.79 bits per heavy atom. The summed E-state index contributed by atoms with van der Waals surface area (Å²) in [5.41, 5.74) is 2.73. The molecule has 2 aliphatic rings. The van der Waals surface area contributed by atoms with Gasteiger partial charge in [0.05, 0.1) is 12.6 Å². The predicted molar refractivity (Wildman–Crippen MR) is 171 cm³/mol. The minimum absolute atomic E-state index is 0.0387. The normalized spacial score (nSPS) is 20.8. The van der Waals surface area contributed by atoms with Crippen LogP contribution in [0.3, 0.4) is 0 Å². The molecule has 8 nitrogen and oxygen atoms in total. The molecule has 8 heteroatoms. The van der Waals surface area contributed by atoms with E-state index in [1.54, 1.807) is 6.07 Å². The molecule has 0 aromatic heterocycles. The second kappa shape index (κ2) is 16.0. The zero-order chi connectivity index (χ0) is 30.8. The number of piperazine rings is 1. The van der Waals surface area contributed by atoms with Crippen molar-refractivity contribution in [3.05, 3.63) is 77.9 Å².